The maximum atomic E-state index is 12.2. The molecule has 1 saturated heterocycles. The number of amides is 1. The molecule has 2 rings (SSSR count). The molecule has 1 aliphatic heterocycles. The largest absolute Gasteiger partial charge is 0.484 e. The summed E-state index contributed by atoms with van der Waals surface area (Å²) in [6, 6.07) is 5.64. The number of ether oxygens (including phenoxy) is 2. The number of esters is 1. The molecule has 1 amide bonds. The number of hydrogen-bond acceptors (Lipinski definition) is 7. The fourth-order valence-corrected chi connectivity index (χ4v) is 3.20. The van der Waals surface area contributed by atoms with Gasteiger partial charge in [-0.05, 0) is 6.07 Å². The molecule has 1 aromatic carbocycles. The second kappa shape index (κ2) is 7.82. The first-order chi connectivity index (χ1) is 11.0. The number of thioether (sulfide) groups is 1. The minimum atomic E-state index is -0.530. The maximum absolute atomic E-state index is 12.2. The van der Waals surface area contributed by atoms with Crippen molar-refractivity contribution in [1.29, 1.82) is 0 Å². The Kier molecular flexibility index (Phi) is 5.80. The highest BCUT2D eigenvalue weighted by Crippen LogP contribution is 2.21. The van der Waals surface area contributed by atoms with E-state index in [4.69, 9.17) is 4.74 Å². The van der Waals surface area contributed by atoms with Crippen molar-refractivity contribution in [1.82, 2.24) is 4.90 Å². The van der Waals surface area contributed by atoms with Crippen LogP contribution in [0.25, 0.3) is 0 Å². The second-order valence-corrected chi connectivity index (χ2v) is 6.08. The van der Waals surface area contributed by atoms with Gasteiger partial charge in [0.1, 0.15) is 11.0 Å². The summed E-state index contributed by atoms with van der Waals surface area (Å²) in [5.41, 5.74) is -0.102. The summed E-state index contributed by atoms with van der Waals surface area (Å²) >= 11 is 1.45. The minimum Gasteiger partial charge on any atom is -0.484 e. The van der Waals surface area contributed by atoms with Gasteiger partial charge in [0.05, 0.1) is 18.1 Å². The van der Waals surface area contributed by atoms with E-state index in [9.17, 15) is 19.7 Å². The third-order valence-electron chi connectivity index (χ3n) is 3.27. The molecule has 9 heteroatoms. The Hall–Kier alpha value is -2.29. The molecule has 1 heterocycles. The third-order valence-corrected chi connectivity index (χ3v) is 4.44. The number of methoxy groups -OCH3 is 1. The highest BCUT2D eigenvalue weighted by molar-refractivity contribution is 8.00. The van der Waals surface area contributed by atoms with Crippen molar-refractivity contribution < 1.29 is 24.0 Å². The van der Waals surface area contributed by atoms with Gasteiger partial charge in [0.15, 0.2) is 6.61 Å². The van der Waals surface area contributed by atoms with E-state index in [2.05, 4.69) is 4.74 Å². The lowest BCUT2D eigenvalue weighted by atomic mass is 10.3. The van der Waals surface area contributed by atoms with Gasteiger partial charge in [0.25, 0.3) is 11.6 Å². The number of carbonyl (C=O) groups is 2. The predicted octanol–water partition coefficient (Wildman–Crippen LogP) is 1.09. The molecule has 0 saturated carbocycles. The number of carbonyl (C=O) groups excluding carboxylic acids is 2. The summed E-state index contributed by atoms with van der Waals surface area (Å²) in [5, 5.41) is 10.3. The Morgan fingerprint density at radius 1 is 1.48 bits per heavy atom. The van der Waals surface area contributed by atoms with Gasteiger partial charge in [-0.25, -0.2) is 0 Å². The van der Waals surface area contributed by atoms with Crippen molar-refractivity contribution in [2.24, 2.45) is 0 Å². The molecule has 0 aromatic heterocycles. The Bertz CT molecular complexity index is 609. The van der Waals surface area contributed by atoms with E-state index >= 15 is 0 Å². The Morgan fingerprint density at radius 3 is 2.96 bits per heavy atom. The van der Waals surface area contributed by atoms with Crippen LogP contribution in [-0.4, -0.2) is 59.5 Å². The molecule has 0 N–H and O–H groups in total. The number of hydrogen-bond donors (Lipinski definition) is 0. The topological polar surface area (TPSA) is 99.0 Å². The van der Waals surface area contributed by atoms with Crippen molar-refractivity contribution in [3.05, 3.63) is 34.4 Å². The summed E-state index contributed by atoms with van der Waals surface area (Å²) < 4.78 is 10.0. The van der Waals surface area contributed by atoms with E-state index in [1.165, 1.54) is 42.0 Å². The number of nitrogens with zero attached hydrogens (tertiary/aromatic N) is 2. The quantitative estimate of drug-likeness (QED) is 0.449. The van der Waals surface area contributed by atoms with Gasteiger partial charge in [-0.1, -0.05) is 6.07 Å². The molecule has 1 aliphatic rings. The third kappa shape index (κ3) is 4.59. The van der Waals surface area contributed by atoms with Crippen LogP contribution in [0.15, 0.2) is 24.3 Å². The molecule has 1 atom stereocenters. The molecule has 23 heavy (non-hydrogen) atoms. The van der Waals surface area contributed by atoms with Gasteiger partial charge in [-0.15, -0.1) is 11.8 Å². The lowest BCUT2D eigenvalue weighted by molar-refractivity contribution is -0.384. The Morgan fingerprint density at radius 2 is 2.26 bits per heavy atom. The van der Waals surface area contributed by atoms with Crippen LogP contribution in [0.1, 0.15) is 0 Å². The lowest BCUT2D eigenvalue weighted by Crippen LogP contribution is -2.46. The van der Waals surface area contributed by atoms with Gasteiger partial charge in [0.2, 0.25) is 0 Å². The summed E-state index contributed by atoms with van der Waals surface area (Å²) in [5.74, 6) is 0.267. The van der Waals surface area contributed by atoms with Crippen molar-refractivity contribution in [3.8, 4) is 5.75 Å². The van der Waals surface area contributed by atoms with Crippen LogP contribution in [0.3, 0.4) is 0 Å². The molecular weight excluding hydrogens is 324 g/mol. The predicted molar refractivity (Wildman–Crippen MR) is 83.4 cm³/mol. The summed E-state index contributed by atoms with van der Waals surface area (Å²) in [7, 11) is 1.31. The molecule has 0 bridgehead atoms. The smallest absolute Gasteiger partial charge is 0.320 e. The Labute approximate surface area is 136 Å². The van der Waals surface area contributed by atoms with Crippen LogP contribution in [0.2, 0.25) is 0 Å². The standard InChI is InChI=1S/C14H16N2O6S/c1-21-14(18)12-8-15(5-6-23-12)13(17)9-22-11-4-2-3-10(7-11)16(19)20/h2-4,7,12H,5-6,8-9H2,1H3/t12-/m0/s1. The average Bonchev–Trinajstić information content (AvgIpc) is 2.59. The second-order valence-electron chi connectivity index (χ2n) is 4.77. The highest BCUT2D eigenvalue weighted by atomic mass is 32.2. The molecule has 0 spiro atoms. The van der Waals surface area contributed by atoms with Crippen LogP contribution in [0.5, 0.6) is 5.75 Å². The van der Waals surface area contributed by atoms with E-state index in [1.807, 2.05) is 0 Å². The summed E-state index contributed by atoms with van der Waals surface area (Å²) in [6.07, 6.45) is 0. The number of nitro groups is 1. The normalized spacial score (nSPS) is 17.4. The van der Waals surface area contributed by atoms with Gasteiger partial charge in [0, 0.05) is 24.9 Å². The molecule has 1 fully saturated rings. The molecular formula is C14H16N2O6S. The SMILES string of the molecule is COC(=O)[C@@H]1CN(C(=O)COc2cccc([N+](=O)[O-])c2)CCS1. The first-order valence-corrected chi connectivity index (χ1v) is 7.90. The van der Waals surface area contributed by atoms with E-state index in [0.29, 0.717) is 12.3 Å². The highest BCUT2D eigenvalue weighted by Gasteiger charge is 2.29. The fourth-order valence-electron chi connectivity index (χ4n) is 2.07. The lowest BCUT2D eigenvalue weighted by Gasteiger charge is -2.30. The van der Waals surface area contributed by atoms with Crippen LogP contribution >= 0.6 is 11.8 Å². The van der Waals surface area contributed by atoms with Crippen molar-refractivity contribution >= 4 is 29.3 Å². The molecule has 8 nitrogen and oxygen atoms in total. The number of non-ortho nitro benzene ring substituents is 1. The number of benzene rings is 1. The van der Waals surface area contributed by atoms with Crippen LogP contribution in [-0.2, 0) is 14.3 Å². The van der Waals surface area contributed by atoms with Crippen molar-refractivity contribution in [3.63, 3.8) is 0 Å². The van der Waals surface area contributed by atoms with E-state index in [0.717, 1.165) is 0 Å². The van der Waals surface area contributed by atoms with Crippen LogP contribution in [0, 0.1) is 10.1 Å². The maximum Gasteiger partial charge on any atom is 0.320 e. The Balaban J connectivity index is 1.90. The zero-order valence-corrected chi connectivity index (χ0v) is 13.3. The summed E-state index contributed by atoms with van der Waals surface area (Å²) in [6.45, 7) is 0.559. The number of nitro benzene ring substituents is 1. The first kappa shape index (κ1) is 17.1. The zero-order valence-electron chi connectivity index (χ0n) is 12.5. The molecule has 124 valence electrons. The van der Waals surface area contributed by atoms with Gasteiger partial charge in [-0.2, -0.15) is 0 Å². The molecule has 0 unspecified atom stereocenters. The van der Waals surface area contributed by atoms with E-state index < -0.39 is 10.2 Å². The molecule has 1 aromatic rings. The summed E-state index contributed by atoms with van der Waals surface area (Å²) in [4.78, 5) is 35.4. The van der Waals surface area contributed by atoms with Crippen molar-refractivity contribution in [2.45, 2.75) is 5.25 Å². The van der Waals surface area contributed by atoms with Crippen LogP contribution < -0.4 is 4.74 Å². The first-order valence-electron chi connectivity index (χ1n) is 6.85. The van der Waals surface area contributed by atoms with Gasteiger partial charge < -0.3 is 14.4 Å². The van der Waals surface area contributed by atoms with Gasteiger partial charge >= 0.3 is 5.97 Å². The zero-order chi connectivity index (χ0) is 16.8. The molecule has 0 radical (unpaired) electrons. The van der Waals surface area contributed by atoms with Crippen molar-refractivity contribution in [2.75, 3.05) is 32.6 Å². The van der Waals surface area contributed by atoms with E-state index in [1.54, 1.807) is 6.07 Å². The monoisotopic (exact) mass is 340 g/mol. The average molecular weight is 340 g/mol. The van der Waals surface area contributed by atoms with E-state index in [-0.39, 0.29) is 36.5 Å². The molecule has 0 aliphatic carbocycles. The van der Waals surface area contributed by atoms with Gasteiger partial charge in [-0.3, -0.25) is 19.7 Å². The number of rotatable bonds is 5. The fraction of sp³-hybridized carbons (Fsp3) is 0.429. The van der Waals surface area contributed by atoms with Crippen LogP contribution in [0.4, 0.5) is 5.69 Å². The minimum absolute atomic E-state index is 0.102.